The number of likely N-dealkylation sites (N-methyl/N-ethyl adjacent to an activating group) is 1. The maximum atomic E-state index is 12.6. The van der Waals surface area contributed by atoms with Crippen LogP contribution >= 0.6 is 0 Å². The van der Waals surface area contributed by atoms with Crippen molar-refractivity contribution < 1.29 is 4.79 Å². The number of fused-ring (bicyclic) bond motifs is 1. The molecule has 3 heterocycles. The molecule has 3 aromatic rings. The summed E-state index contributed by atoms with van der Waals surface area (Å²) in [4.78, 5) is 21.6. The number of benzene rings is 1. The van der Waals surface area contributed by atoms with E-state index in [1.165, 1.54) is 0 Å². The van der Waals surface area contributed by atoms with E-state index in [1.54, 1.807) is 0 Å². The Balaban J connectivity index is 1.48. The van der Waals surface area contributed by atoms with Crippen molar-refractivity contribution in [3.63, 3.8) is 0 Å². The van der Waals surface area contributed by atoms with E-state index in [0.717, 1.165) is 48.3 Å². The zero-order valence-electron chi connectivity index (χ0n) is 15.0. The molecule has 26 heavy (non-hydrogen) atoms. The van der Waals surface area contributed by atoms with Crippen LogP contribution in [0.15, 0.2) is 36.5 Å². The maximum absolute atomic E-state index is 12.6. The second-order valence-corrected chi connectivity index (χ2v) is 6.77. The first-order chi connectivity index (χ1) is 12.6. The van der Waals surface area contributed by atoms with Crippen molar-refractivity contribution in [1.29, 1.82) is 0 Å². The molecule has 1 saturated heterocycles. The first-order valence-corrected chi connectivity index (χ1v) is 8.76. The van der Waals surface area contributed by atoms with E-state index < -0.39 is 0 Å². The number of piperazine rings is 1. The minimum atomic E-state index is -0.262. The molecular formula is C19H22N6O. The number of carbonyl (C=O) groups is 1. The van der Waals surface area contributed by atoms with E-state index in [-0.39, 0.29) is 5.91 Å². The lowest BCUT2D eigenvalue weighted by molar-refractivity contribution is 0.102. The van der Waals surface area contributed by atoms with Crippen LogP contribution in [0.2, 0.25) is 0 Å². The van der Waals surface area contributed by atoms with Gasteiger partial charge in [-0.1, -0.05) is 11.6 Å². The Morgan fingerprint density at radius 2 is 1.96 bits per heavy atom. The summed E-state index contributed by atoms with van der Waals surface area (Å²) in [6.45, 7) is 6.06. The van der Waals surface area contributed by atoms with Gasteiger partial charge in [-0.05, 0) is 38.2 Å². The van der Waals surface area contributed by atoms with Crippen molar-refractivity contribution in [1.82, 2.24) is 20.1 Å². The molecular weight excluding hydrogens is 328 g/mol. The van der Waals surface area contributed by atoms with Gasteiger partial charge in [-0.2, -0.15) is 5.10 Å². The molecule has 0 atom stereocenters. The van der Waals surface area contributed by atoms with E-state index in [1.807, 2.05) is 43.5 Å². The summed E-state index contributed by atoms with van der Waals surface area (Å²) < 4.78 is 0. The minimum absolute atomic E-state index is 0.262. The molecule has 134 valence electrons. The monoisotopic (exact) mass is 350 g/mol. The van der Waals surface area contributed by atoms with E-state index in [0.29, 0.717) is 11.5 Å². The lowest BCUT2D eigenvalue weighted by Gasteiger charge is -2.33. The number of carbonyl (C=O) groups excluding carboxylic acids is 1. The van der Waals surface area contributed by atoms with Gasteiger partial charge in [0.25, 0.3) is 5.91 Å². The molecule has 1 fully saturated rings. The Morgan fingerprint density at radius 3 is 2.69 bits per heavy atom. The van der Waals surface area contributed by atoms with Gasteiger partial charge in [0.15, 0.2) is 5.69 Å². The van der Waals surface area contributed by atoms with Gasteiger partial charge in [-0.15, -0.1) is 0 Å². The predicted molar refractivity (Wildman–Crippen MR) is 103 cm³/mol. The SMILES string of the molecule is Cc1ccc2[nH]nc(C(=O)Nc3ccc(N4CCN(C)CC4)cn3)c2c1. The van der Waals surface area contributed by atoms with E-state index in [9.17, 15) is 4.79 Å². The highest BCUT2D eigenvalue weighted by atomic mass is 16.2. The summed E-state index contributed by atoms with van der Waals surface area (Å²) in [5.74, 6) is 0.262. The van der Waals surface area contributed by atoms with Crippen molar-refractivity contribution in [2.75, 3.05) is 43.4 Å². The number of aromatic nitrogens is 3. The molecule has 1 aliphatic rings. The minimum Gasteiger partial charge on any atom is -0.368 e. The number of aryl methyl sites for hydroxylation is 1. The Morgan fingerprint density at radius 1 is 1.15 bits per heavy atom. The molecule has 7 nitrogen and oxygen atoms in total. The number of nitrogens with one attached hydrogen (secondary N) is 2. The summed E-state index contributed by atoms with van der Waals surface area (Å²) in [6.07, 6.45) is 1.81. The molecule has 1 amide bonds. The van der Waals surface area contributed by atoms with Crippen LogP contribution in [0.25, 0.3) is 10.9 Å². The normalized spacial score (nSPS) is 15.4. The lowest BCUT2D eigenvalue weighted by Crippen LogP contribution is -2.44. The number of rotatable bonds is 3. The molecule has 2 aromatic heterocycles. The fraction of sp³-hybridized carbons (Fsp3) is 0.316. The predicted octanol–water partition coefficient (Wildman–Crippen LogP) is 2.27. The lowest BCUT2D eigenvalue weighted by atomic mass is 10.1. The van der Waals surface area contributed by atoms with Crippen LogP contribution in [0.1, 0.15) is 16.1 Å². The molecule has 7 heteroatoms. The number of hydrogen-bond donors (Lipinski definition) is 2. The number of nitrogens with zero attached hydrogens (tertiary/aromatic N) is 4. The summed E-state index contributed by atoms with van der Waals surface area (Å²) >= 11 is 0. The maximum Gasteiger partial charge on any atom is 0.277 e. The van der Waals surface area contributed by atoms with Gasteiger partial charge < -0.3 is 15.1 Å². The first-order valence-electron chi connectivity index (χ1n) is 8.76. The quantitative estimate of drug-likeness (QED) is 0.758. The van der Waals surface area contributed by atoms with Gasteiger partial charge in [-0.25, -0.2) is 4.98 Å². The van der Waals surface area contributed by atoms with Gasteiger partial charge in [0.2, 0.25) is 0 Å². The van der Waals surface area contributed by atoms with Gasteiger partial charge in [0.1, 0.15) is 5.82 Å². The molecule has 4 rings (SSSR count). The van der Waals surface area contributed by atoms with Crippen molar-refractivity contribution >= 4 is 28.3 Å². The fourth-order valence-electron chi connectivity index (χ4n) is 3.19. The smallest absolute Gasteiger partial charge is 0.277 e. The number of aromatic amines is 1. The van der Waals surface area contributed by atoms with E-state index in [4.69, 9.17) is 0 Å². The number of amides is 1. The Kier molecular flexibility index (Phi) is 4.30. The fourth-order valence-corrected chi connectivity index (χ4v) is 3.19. The average molecular weight is 350 g/mol. The summed E-state index contributed by atoms with van der Waals surface area (Å²) in [5, 5.41) is 10.7. The zero-order valence-corrected chi connectivity index (χ0v) is 15.0. The topological polar surface area (TPSA) is 77.2 Å². The molecule has 0 aliphatic carbocycles. The Bertz CT molecular complexity index is 925. The molecule has 2 N–H and O–H groups in total. The van der Waals surface area contributed by atoms with Crippen LogP contribution in [0.5, 0.6) is 0 Å². The van der Waals surface area contributed by atoms with E-state index >= 15 is 0 Å². The molecule has 1 aliphatic heterocycles. The second-order valence-electron chi connectivity index (χ2n) is 6.77. The number of anilines is 2. The van der Waals surface area contributed by atoms with Crippen molar-refractivity contribution in [2.45, 2.75) is 6.92 Å². The van der Waals surface area contributed by atoms with Gasteiger partial charge in [0, 0.05) is 31.6 Å². The van der Waals surface area contributed by atoms with Crippen LogP contribution in [0.4, 0.5) is 11.5 Å². The largest absolute Gasteiger partial charge is 0.368 e. The van der Waals surface area contributed by atoms with E-state index in [2.05, 4.69) is 37.3 Å². The first kappa shape index (κ1) is 16.5. The molecule has 1 aromatic carbocycles. The zero-order chi connectivity index (χ0) is 18.1. The standard InChI is InChI=1S/C19H22N6O/c1-13-3-5-16-15(11-13)18(23-22-16)19(26)21-17-6-4-14(12-20-17)25-9-7-24(2)8-10-25/h3-6,11-12H,7-10H2,1-2H3,(H,22,23)(H,20,21,26). The Hall–Kier alpha value is -2.93. The third kappa shape index (κ3) is 3.25. The highest BCUT2D eigenvalue weighted by molar-refractivity contribution is 6.10. The highest BCUT2D eigenvalue weighted by Gasteiger charge is 2.17. The van der Waals surface area contributed by atoms with Crippen LogP contribution in [0, 0.1) is 6.92 Å². The average Bonchev–Trinajstić information content (AvgIpc) is 3.06. The third-order valence-electron chi connectivity index (χ3n) is 4.79. The summed E-state index contributed by atoms with van der Waals surface area (Å²) in [7, 11) is 2.13. The summed E-state index contributed by atoms with van der Waals surface area (Å²) in [5.41, 5.74) is 3.40. The molecule has 0 saturated carbocycles. The number of H-pyrrole nitrogens is 1. The van der Waals surface area contributed by atoms with Crippen molar-refractivity contribution in [2.24, 2.45) is 0 Å². The highest BCUT2D eigenvalue weighted by Crippen LogP contribution is 2.20. The Labute approximate surface area is 152 Å². The molecule has 0 spiro atoms. The number of pyridine rings is 1. The molecule has 0 bridgehead atoms. The summed E-state index contributed by atoms with van der Waals surface area (Å²) in [6, 6.07) is 9.71. The van der Waals surface area contributed by atoms with Crippen molar-refractivity contribution in [3.8, 4) is 0 Å². The molecule has 0 radical (unpaired) electrons. The van der Waals surface area contributed by atoms with Gasteiger partial charge >= 0.3 is 0 Å². The molecule has 0 unspecified atom stereocenters. The van der Waals surface area contributed by atoms with Gasteiger partial charge in [0.05, 0.1) is 17.4 Å². The van der Waals surface area contributed by atoms with Crippen LogP contribution in [-0.4, -0.2) is 59.2 Å². The third-order valence-corrected chi connectivity index (χ3v) is 4.79. The number of hydrogen-bond acceptors (Lipinski definition) is 5. The van der Waals surface area contributed by atoms with Crippen molar-refractivity contribution in [3.05, 3.63) is 47.8 Å². The van der Waals surface area contributed by atoms with Crippen LogP contribution in [0.3, 0.4) is 0 Å². The second kappa shape index (κ2) is 6.76. The van der Waals surface area contributed by atoms with Crippen LogP contribution in [-0.2, 0) is 0 Å². The van der Waals surface area contributed by atoms with Gasteiger partial charge in [-0.3, -0.25) is 9.89 Å². The van der Waals surface area contributed by atoms with Crippen LogP contribution < -0.4 is 10.2 Å².